The Labute approximate surface area is 121 Å². The smallest absolute Gasteiger partial charge is 0.275 e. The van der Waals surface area contributed by atoms with E-state index in [4.69, 9.17) is 22.1 Å². The number of H-pyrrole nitrogens is 1. The fourth-order valence-corrected chi connectivity index (χ4v) is 1.77. The van der Waals surface area contributed by atoms with Gasteiger partial charge in [-0.2, -0.15) is 5.10 Å². The van der Waals surface area contributed by atoms with E-state index in [1.54, 1.807) is 18.2 Å². The van der Waals surface area contributed by atoms with Crippen LogP contribution in [0.15, 0.2) is 24.4 Å². The number of ether oxygens (including phenoxy) is 1. The molecule has 1 heterocycles. The zero-order chi connectivity index (χ0) is 14.5. The molecule has 0 radical (unpaired) electrons. The lowest BCUT2D eigenvalue weighted by molar-refractivity contribution is 0.102. The normalized spacial score (nSPS) is 10.3. The van der Waals surface area contributed by atoms with Crippen molar-refractivity contribution in [1.29, 1.82) is 0 Å². The summed E-state index contributed by atoms with van der Waals surface area (Å²) in [5.74, 6) is 0.159. The quantitative estimate of drug-likeness (QED) is 0.790. The number of carbonyl (C=O) groups is 1. The first kappa shape index (κ1) is 14.2. The van der Waals surface area contributed by atoms with Gasteiger partial charge in [0, 0.05) is 5.02 Å². The number of anilines is 2. The summed E-state index contributed by atoms with van der Waals surface area (Å²) in [6, 6.07) is 5.04. The number of benzene rings is 1. The van der Waals surface area contributed by atoms with Crippen molar-refractivity contribution in [1.82, 2.24) is 10.2 Å². The Kier molecular flexibility index (Phi) is 4.47. The first-order valence-corrected chi connectivity index (χ1v) is 6.52. The van der Waals surface area contributed by atoms with Gasteiger partial charge >= 0.3 is 0 Å². The summed E-state index contributed by atoms with van der Waals surface area (Å²) in [4.78, 5) is 12.1. The van der Waals surface area contributed by atoms with Crippen LogP contribution in [0.1, 0.15) is 23.8 Å². The molecule has 20 heavy (non-hydrogen) atoms. The number of nitrogens with zero attached hydrogens (tertiary/aromatic N) is 1. The number of carbonyl (C=O) groups excluding carboxylic acids is 1. The average molecular weight is 295 g/mol. The Morgan fingerprint density at radius 1 is 1.55 bits per heavy atom. The number of amides is 1. The number of nitrogens with two attached hydrogens (primary N) is 1. The molecule has 0 unspecified atom stereocenters. The van der Waals surface area contributed by atoms with Crippen LogP contribution in [0.4, 0.5) is 11.4 Å². The van der Waals surface area contributed by atoms with E-state index < -0.39 is 5.91 Å². The highest BCUT2D eigenvalue weighted by molar-refractivity contribution is 6.31. The molecule has 1 aromatic heterocycles. The van der Waals surface area contributed by atoms with Crippen LogP contribution in [-0.4, -0.2) is 22.7 Å². The van der Waals surface area contributed by atoms with Crippen LogP contribution in [0, 0.1) is 0 Å². The largest absolute Gasteiger partial charge is 0.491 e. The number of hydrogen-bond donors (Lipinski definition) is 3. The lowest BCUT2D eigenvalue weighted by atomic mass is 10.2. The lowest BCUT2D eigenvalue weighted by Gasteiger charge is -2.12. The molecule has 0 aliphatic rings. The molecule has 1 aromatic carbocycles. The van der Waals surface area contributed by atoms with Crippen LogP contribution in [0.25, 0.3) is 0 Å². The fourth-order valence-electron chi connectivity index (χ4n) is 1.60. The number of nitrogen functional groups attached to an aromatic ring is 1. The molecule has 0 bridgehead atoms. The molecule has 0 spiro atoms. The Morgan fingerprint density at radius 2 is 2.35 bits per heavy atom. The van der Waals surface area contributed by atoms with Crippen LogP contribution >= 0.6 is 11.6 Å². The average Bonchev–Trinajstić information content (AvgIpc) is 2.84. The Hall–Kier alpha value is -2.21. The van der Waals surface area contributed by atoms with Gasteiger partial charge in [-0.1, -0.05) is 18.5 Å². The molecular formula is C13H15ClN4O2. The molecule has 2 aromatic rings. The molecule has 0 aliphatic carbocycles. The SMILES string of the molecule is CCCOc1ccc(Cl)cc1NC(=O)c1[nH]ncc1N. The van der Waals surface area contributed by atoms with E-state index in [0.717, 1.165) is 6.42 Å². The highest BCUT2D eigenvalue weighted by atomic mass is 35.5. The van der Waals surface area contributed by atoms with Crippen LogP contribution in [-0.2, 0) is 0 Å². The van der Waals surface area contributed by atoms with Gasteiger partial charge in [0.1, 0.15) is 11.4 Å². The van der Waals surface area contributed by atoms with E-state index >= 15 is 0 Å². The van der Waals surface area contributed by atoms with E-state index in [1.807, 2.05) is 6.92 Å². The monoisotopic (exact) mass is 294 g/mol. The van der Waals surface area contributed by atoms with Crippen molar-refractivity contribution in [2.75, 3.05) is 17.7 Å². The summed E-state index contributed by atoms with van der Waals surface area (Å²) < 4.78 is 5.56. The van der Waals surface area contributed by atoms with Crippen LogP contribution in [0.5, 0.6) is 5.75 Å². The number of rotatable bonds is 5. The molecule has 0 saturated carbocycles. The molecule has 0 atom stereocenters. The van der Waals surface area contributed by atoms with E-state index in [9.17, 15) is 4.79 Å². The maximum absolute atomic E-state index is 12.1. The van der Waals surface area contributed by atoms with Crippen LogP contribution < -0.4 is 15.8 Å². The van der Waals surface area contributed by atoms with Gasteiger partial charge in [-0.3, -0.25) is 9.89 Å². The summed E-state index contributed by atoms with van der Waals surface area (Å²) >= 11 is 5.94. The lowest BCUT2D eigenvalue weighted by Crippen LogP contribution is -2.15. The minimum Gasteiger partial charge on any atom is -0.491 e. The van der Waals surface area contributed by atoms with Crippen molar-refractivity contribution in [3.05, 3.63) is 35.1 Å². The van der Waals surface area contributed by atoms with Crippen molar-refractivity contribution in [3.8, 4) is 5.75 Å². The molecule has 7 heteroatoms. The highest BCUT2D eigenvalue weighted by Crippen LogP contribution is 2.28. The van der Waals surface area contributed by atoms with Gasteiger partial charge in [0.15, 0.2) is 0 Å². The zero-order valence-electron chi connectivity index (χ0n) is 10.9. The van der Waals surface area contributed by atoms with E-state index in [-0.39, 0.29) is 11.4 Å². The zero-order valence-corrected chi connectivity index (χ0v) is 11.7. The minimum absolute atomic E-state index is 0.200. The molecule has 0 saturated heterocycles. The van der Waals surface area contributed by atoms with Crippen LogP contribution in [0.2, 0.25) is 5.02 Å². The van der Waals surface area contributed by atoms with Gasteiger partial charge in [-0.15, -0.1) is 0 Å². The summed E-state index contributed by atoms with van der Waals surface area (Å²) in [6.45, 7) is 2.55. The van der Waals surface area contributed by atoms with Crippen molar-refractivity contribution in [2.24, 2.45) is 0 Å². The topological polar surface area (TPSA) is 93.0 Å². The first-order chi connectivity index (χ1) is 9.61. The van der Waals surface area contributed by atoms with Gasteiger partial charge in [-0.05, 0) is 24.6 Å². The second-order valence-corrected chi connectivity index (χ2v) is 4.58. The Balaban J connectivity index is 2.21. The number of hydrogen-bond acceptors (Lipinski definition) is 4. The molecule has 6 nitrogen and oxygen atoms in total. The highest BCUT2D eigenvalue weighted by Gasteiger charge is 2.14. The second-order valence-electron chi connectivity index (χ2n) is 4.14. The predicted molar refractivity (Wildman–Crippen MR) is 78.2 cm³/mol. The Morgan fingerprint density at radius 3 is 3.00 bits per heavy atom. The maximum Gasteiger partial charge on any atom is 0.275 e. The maximum atomic E-state index is 12.1. The molecule has 4 N–H and O–H groups in total. The van der Waals surface area contributed by atoms with Crippen molar-refractivity contribution < 1.29 is 9.53 Å². The van der Waals surface area contributed by atoms with E-state index in [0.29, 0.717) is 23.1 Å². The molecule has 2 rings (SSSR count). The third-order valence-corrected chi connectivity index (χ3v) is 2.78. The number of aromatic nitrogens is 2. The summed E-state index contributed by atoms with van der Waals surface area (Å²) in [7, 11) is 0. The molecule has 0 fully saturated rings. The molecule has 1 amide bonds. The van der Waals surface area contributed by atoms with Gasteiger partial charge in [0.2, 0.25) is 0 Å². The van der Waals surface area contributed by atoms with Crippen molar-refractivity contribution in [3.63, 3.8) is 0 Å². The standard InChI is InChI=1S/C13H15ClN4O2/c1-2-5-20-11-4-3-8(14)6-10(11)17-13(19)12-9(15)7-16-18-12/h3-4,6-7H,2,5,15H2,1H3,(H,16,18)(H,17,19). The summed E-state index contributed by atoms with van der Waals surface area (Å²) in [5, 5.41) is 9.45. The fraction of sp³-hybridized carbons (Fsp3) is 0.231. The third kappa shape index (κ3) is 3.21. The molecule has 106 valence electrons. The van der Waals surface area contributed by atoms with E-state index in [1.165, 1.54) is 6.20 Å². The first-order valence-electron chi connectivity index (χ1n) is 6.14. The van der Waals surface area contributed by atoms with Crippen molar-refractivity contribution in [2.45, 2.75) is 13.3 Å². The summed E-state index contributed by atoms with van der Waals surface area (Å²) in [6.07, 6.45) is 2.24. The van der Waals surface area contributed by atoms with Gasteiger partial charge in [0.05, 0.1) is 24.2 Å². The van der Waals surface area contributed by atoms with E-state index in [2.05, 4.69) is 15.5 Å². The second kappa shape index (κ2) is 6.29. The minimum atomic E-state index is -0.399. The third-order valence-electron chi connectivity index (χ3n) is 2.55. The number of nitrogens with one attached hydrogen (secondary N) is 2. The van der Waals surface area contributed by atoms with Gasteiger partial charge in [-0.25, -0.2) is 0 Å². The molecule has 0 aliphatic heterocycles. The van der Waals surface area contributed by atoms with Crippen molar-refractivity contribution >= 4 is 28.9 Å². The summed E-state index contributed by atoms with van der Waals surface area (Å²) in [5.41, 5.74) is 6.60. The van der Waals surface area contributed by atoms with Crippen LogP contribution in [0.3, 0.4) is 0 Å². The van der Waals surface area contributed by atoms with Gasteiger partial charge in [0.25, 0.3) is 5.91 Å². The predicted octanol–water partition coefficient (Wildman–Crippen LogP) is 2.69. The molecular weight excluding hydrogens is 280 g/mol. The Bertz CT molecular complexity index is 612. The van der Waals surface area contributed by atoms with Gasteiger partial charge < -0.3 is 15.8 Å². The number of halogens is 1. The number of aromatic amines is 1.